The van der Waals surface area contributed by atoms with Crippen molar-refractivity contribution in [3.8, 4) is 11.3 Å². The minimum atomic E-state index is 0.431. The minimum absolute atomic E-state index is 0.431. The molecule has 0 spiro atoms. The molecule has 0 radical (unpaired) electrons. The molecule has 0 aliphatic rings. The molecule has 0 bridgehead atoms. The van der Waals surface area contributed by atoms with Crippen molar-refractivity contribution in [2.45, 2.75) is 13.5 Å². The van der Waals surface area contributed by atoms with Gasteiger partial charge in [0.2, 0.25) is 0 Å². The molecule has 1 aromatic heterocycles. The zero-order valence-electron chi connectivity index (χ0n) is 10.7. The van der Waals surface area contributed by atoms with E-state index in [2.05, 4.69) is 28.6 Å². The number of aromatic nitrogens is 2. The van der Waals surface area contributed by atoms with Crippen LogP contribution < -0.4 is 0 Å². The van der Waals surface area contributed by atoms with Crippen molar-refractivity contribution >= 4 is 12.2 Å². The van der Waals surface area contributed by atoms with Crippen molar-refractivity contribution in [1.29, 1.82) is 0 Å². The Bertz CT molecular complexity index is 544. The van der Waals surface area contributed by atoms with E-state index >= 15 is 0 Å². The topological polar surface area (TPSA) is 29.9 Å². The summed E-state index contributed by atoms with van der Waals surface area (Å²) >= 11 is 5.34. The third-order valence-electron chi connectivity index (χ3n) is 2.88. The number of methoxy groups -OCH3 is 1. The second-order valence-corrected chi connectivity index (χ2v) is 4.90. The summed E-state index contributed by atoms with van der Waals surface area (Å²) in [5.41, 5.74) is 2.30. The van der Waals surface area contributed by atoms with E-state index in [-0.39, 0.29) is 0 Å². The van der Waals surface area contributed by atoms with Crippen molar-refractivity contribution in [3.05, 3.63) is 41.3 Å². The Morgan fingerprint density at radius 1 is 1.33 bits per heavy atom. The lowest BCUT2D eigenvalue weighted by molar-refractivity contribution is 0.151. The number of nitrogens with one attached hydrogen (secondary N) is 1. The molecular formula is C14H18N2OS. The number of hydrogen-bond acceptors (Lipinski definition) is 2. The first-order valence-corrected chi connectivity index (χ1v) is 6.45. The molecule has 0 fully saturated rings. The average molecular weight is 262 g/mol. The Morgan fingerprint density at radius 2 is 2.06 bits per heavy atom. The molecule has 1 heterocycles. The Kier molecular flexibility index (Phi) is 4.33. The van der Waals surface area contributed by atoms with Crippen molar-refractivity contribution in [3.63, 3.8) is 0 Å². The summed E-state index contributed by atoms with van der Waals surface area (Å²) in [5, 5.41) is 0. The normalized spacial score (nSPS) is 12.6. The fourth-order valence-electron chi connectivity index (χ4n) is 2.07. The van der Waals surface area contributed by atoms with Gasteiger partial charge in [0.1, 0.15) is 0 Å². The van der Waals surface area contributed by atoms with Crippen LogP contribution in [0.15, 0.2) is 36.5 Å². The van der Waals surface area contributed by atoms with Gasteiger partial charge in [-0.25, -0.2) is 0 Å². The van der Waals surface area contributed by atoms with Crippen molar-refractivity contribution < 1.29 is 4.74 Å². The van der Waals surface area contributed by atoms with Crippen LogP contribution in [0, 0.1) is 10.7 Å². The van der Waals surface area contributed by atoms with E-state index in [1.807, 2.05) is 24.4 Å². The quantitative estimate of drug-likeness (QED) is 0.836. The first-order valence-electron chi connectivity index (χ1n) is 6.05. The number of hydrogen-bond donors (Lipinski definition) is 1. The highest BCUT2D eigenvalue weighted by molar-refractivity contribution is 7.71. The van der Waals surface area contributed by atoms with E-state index in [0.717, 1.165) is 23.6 Å². The van der Waals surface area contributed by atoms with E-state index < -0.39 is 0 Å². The van der Waals surface area contributed by atoms with Crippen LogP contribution in [0.3, 0.4) is 0 Å². The number of rotatable bonds is 5. The average Bonchev–Trinajstić information content (AvgIpc) is 2.73. The molecule has 1 unspecified atom stereocenters. The van der Waals surface area contributed by atoms with Crippen LogP contribution in [-0.2, 0) is 11.3 Å². The summed E-state index contributed by atoms with van der Waals surface area (Å²) in [6, 6.07) is 10.3. The third kappa shape index (κ3) is 2.89. The fourth-order valence-corrected chi connectivity index (χ4v) is 2.31. The lowest BCUT2D eigenvalue weighted by Crippen LogP contribution is -2.13. The summed E-state index contributed by atoms with van der Waals surface area (Å²) in [6.45, 7) is 3.76. The van der Waals surface area contributed by atoms with Gasteiger partial charge in [0, 0.05) is 19.9 Å². The smallest absolute Gasteiger partial charge is 0.177 e. The monoisotopic (exact) mass is 262 g/mol. The van der Waals surface area contributed by atoms with Crippen molar-refractivity contribution in [2.24, 2.45) is 5.92 Å². The highest BCUT2D eigenvalue weighted by Gasteiger charge is 2.09. The maximum atomic E-state index is 5.34. The van der Waals surface area contributed by atoms with Gasteiger partial charge in [-0.2, -0.15) is 0 Å². The summed E-state index contributed by atoms with van der Waals surface area (Å²) < 4.78 is 8.07. The molecule has 96 valence electrons. The van der Waals surface area contributed by atoms with Gasteiger partial charge in [0.05, 0.1) is 12.3 Å². The molecule has 2 aromatic rings. The number of aromatic amines is 1. The summed E-state index contributed by atoms with van der Waals surface area (Å²) in [7, 11) is 1.73. The van der Waals surface area contributed by atoms with Gasteiger partial charge in [-0.1, -0.05) is 37.3 Å². The molecule has 0 amide bonds. The fraction of sp³-hybridized carbons (Fsp3) is 0.357. The highest BCUT2D eigenvalue weighted by atomic mass is 32.1. The lowest BCUT2D eigenvalue weighted by atomic mass is 10.1. The van der Waals surface area contributed by atoms with Crippen LogP contribution in [0.2, 0.25) is 0 Å². The van der Waals surface area contributed by atoms with Crippen LogP contribution in [0.1, 0.15) is 6.92 Å². The number of imidazole rings is 1. The predicted molar refractivity (Wildman–Crippen MR) is 76.1 cm³/mol. The highest BCUT2D eigenvalue weighted by Crippen LogP contribution is 2.20. The molecule has 18 heavy (non-hydrogen) atoms. The van der Waals surface area contributed by atoms with Crippen LogP contribution in [0.25, 0.3) is 11.3 Å². The SMILES string of the molecule is COCC(C)Cn1c(-c2ccccc2)c[nH]c1=S. The van der Waals surface area contributed by atoms with Gasteiger partial charge in [-0.05, 0) is 23.7 Å². The van der Waals surface area contributed by atoms with E-state index in [9.17, 15) is 0 Å². The van der Waals surface area contributed by atoms with E-state index in [1.54, 1.807) is 7.11 Å². The first kappa shape index (κ1) is 13.1. The molecule has 0 aliphatic heterocycles. The second-order valence-electron chi connectivity index (χ2n) is 4.52. The summed E-state index contributed by atoms with van der Waals surface area (Å²) in [5.74, 6) is 0.431. The standard InChI is InChI=1S/C14H18N2OS/c1-11(10-17-2)9-16-13(8-15-14(16)18)12-6-4-3-5-7-12/h3-8,11H,9-10H2,1-2H3,(H,15,18). The van der Waals surface area contributed by atoms with Crippen LogP contribution in [0.5, 0.6) is 0 Å². The molecule has 2 rings (SSSR count). The molecule has 4 heteroatoms. The maximum Gasteiger partial charge on any atom is 0.177 e. The molecule has 1 N–H and O–H groups in total. The second kappa shape index (κ2) is 5.98. The van der Waals surface area contributed by atoms with Gasteiger partial charge < -0.3 is 14.3 Å². The van der Waals surface area contributed by atoms with Gasteiger partial charge in [-0.15, -0.1) is 0 Å². The number of ether oxygens (including phenoxy) is 1. The molecule has 1 atom stereocenters. The van der Waals surface area contributed by atoms with Crippen molar-refractivity contribution in [2.75, 3.05) is 13.7 Å². The van der Waals surface area contributed by atoms with Crippen LogP contribution >= 0.6 is 12.2 Å². The van der Waals surface area contributed by atoms with Gasteiger partial charge in [0.25, 0.3) is 0 Å². The van der Waals surface area contributed by atoms with E-state index in [4.69, 9.17) is 17.0 Å². The van der Waals surface area contributed by atoms with E-state index in [1.165, 1.54) is 5.56 Å². The molecular weight excluding hydrogens is 244 g/mol. The number of nitrogens with zero attached hydrogens (tertiary/aromatic N) is 1. The zero-order valence-corrected chi connectivity index (χ0v) is 11.5. The molecule has 0 saturated carbocycles. The summed E-state index contributed by atoms with van der Waals surface area (Å²) in [4.78, 5) is 3.12. The van der Waals surface area contributed by atoms with E-state index in [0.29, 0.717) is 5.92 Å². The number of benzene rings is 1. The molecule has 3 nitrogen and oxygen atoms in total. The van der Waals surface area contributed by atoms with Gasteiger partial charge in [-0.3, -0.25) is 0 Å². The first-order chi connectivity index (χ1) is 8.72. The van der Waals surface area contributed by atoms with Gasteiger partial charge in [0.15, 0.2) is 4.77 Å². The maximum absolute atomic E-state index is 5.34. The third-order valence-corrected chi connectivity index (χ3v) is 3.22. The molecule has 0 saturated heterocycles. The zero-order chi connectivity index (χ0) is 13.0. The largest absolute Gasteiger partial charge is 0.384 e. The Labute approximate surface area is 112 Å². The van der Waals surface area contributed by atoms with Gasteiger partial charge >= 0.3 is 0 Å². The van der Waals surface area contributed by atoms with Crippen LogP contribution in [0.4, 0.5) is 0 Å². The minimum Gasteiger partial charge on any atom is -0.384 e. The summed E-state index contributed by atoms with van der Waals surface area (Å²) in [6.07, 6.45) is 1.97. The van der Waals surface area contributed by atoms with Crippen molar-refractivity contribution in [1.82, 2.24) is 9.55 Å². The Hall–Kier alpha value is -1.39. The molecule has 0 aliphatic carbocycles. The Balaban J connectivity index is 2.31. The Morgan fingerprint density at radius 3 is 2.72 bits per heavy atom. The lowest BCUT2D eigenvalue weighted by Gasteiger charge is -2.14. The van der Waals surface area contributed by atoms with Crippen LogP contribution in [-0.4, -0.2) is 23.3 Å². The molecule has 1 aromatic carbocycles. The predicted octanol–water partition coefficient (Wildman–Crippen LogP) is 3.50. The number of H-pyrrole nitrogens is 1.